The minimum Gasteiger partial charge on any atom is -0.295 e. The van der Waals surface area contributed by atoms with Gasteiger partial charge in [0.2, 0.25) is 0 Å². The van der Waals surface area contributed by atoms with Crippen molar-refractivity contribution in [3.05, 3.63) is 11.6 Å². The van der Waals surface area contributed by atoms with E-state index in [1.54, 1.807) is 26.8 Å². The molecule has 0 aromatic rings. The highest BCUT2D eigenvalue weighted by molar-refractivity contribution is 7.92. The molecule has 0 aliphatic heterocycles. The van der Waals surface area contributed by atoms with Gasteiger partial charge in [0, 0.05) is 6.42 Å². The van der Waals surface area contributed by atoms with E-state index in [4.69, 9.17) is 0 Å². The van der Waals surface area contributed by atoms with Crippen LogP contribution in [0.3, 0.4) is 0 Å². The van der Waals surface area contributed by atoms with Crippen molar-refractivity contribution in [2.24, 2.45) is 0 Å². The van der Waals surface area contributed by atoms with Crippen LogP contribution in [0.15, 0.2) is 11.6 Å². The molecule has 3 nitrogen and oxygen atoms in total. The second-order valence-corrected chi connectivity index (χ2v) is 8.52. The third-order valence-electron chi connectivity index (χ3n) is 3.16. The molecular weight excluding hydrogens is 236 g/mol. The molecule has 98 valence electrons. The maximum atomic E-state index is 12.0. The van der Waals surface area contributed by atoms with Crippen molar-refractivity contribution in [3.8, 4) is 0 Å². The molecule has 1 aliphatic carbocycles. The zero-order valence-corrected chi connectivity index (χ0v) is 11.8. The average Bonchev–Trinajstić information content (AvgIpc) is 2.38. The number of hydrogen-bond donors (Lipinski definition) is 0. The fraction of sp³-hybridized carbons (Fsp3) is 0.769. The van der Waals surface area contributed by atoms with Gasteiger partial charge in [0.15, 0.2) is 15.6 Å². The fourth-order valence-corrected chi connectivity index (χ4v) is 2.94. The smallest absolute Gasteiger partial charge is 0.155 e. The molecule has 1 aliphatic rings. The molecule has 0 fully saturated rings. The summed E-state index contributed by atoms with van der Waals surface area (Å²) in [5.74, 6) is 0.293. The summed E-state index contributed by atoms with van der Waals surface area (Å²) in [4.78, 5) is 11.4. The van der Waals surface area contributed by atoms with E-state index in [1.807, 2.05) is 0 Å². The van der Waals surface area contributed by atoms with E-state index < -0.39 is 14.6 Å². The molecule has 0 aromatic carbocycles. The van der Waals surface area contributed by atoms with Crippen LogP contribution in [0.25, 0.3) is 0 Å². The van der Waals surface area contributed by atoms with E-state index in [1.165, 1.54) is 0 Å². The van der Waals surface area contributed by atoms with Gasteiger partial charge in [0.25, 0.3) is 0 Å². The zero-order chi connectivity index (χ0) is 13.1. The molecule has 17 heavy (non-hydrogen) atoms. The van der Waals surface area contributed by atoms with Gasteiger partial charge in [0.05, 0.1) is 10.5 Å². The Labute approximate surface area is 104 Å². The third kappa shape index (κ3) is 4.26. The van der Waals surface area contributed by atoms with Crippen LogP contribution in [-0.4, -0.2) is 24.7 Å². The zero-order valence-electron chi connectivity index (χ0n) is 11.0. The number of ketones is 1. The Balaban J connectivity index is 2.65. The highest BCUT2D eigenvalue weighted by Gasteiger charge is 2.28. The maximum Gasteiger partial charge on any atom is 0.155 e. The summed E-state index contributed by atoms with van der Waals surface area (Å²) in [6.45, 7) is 5.15. The first-order valence-electron chi connectivity index (χ1n) is 6.17. The van der Waals surface area contributed by atoms with Crippen molar-refractivity contribution in [3.63, 3.8) is 0 Å². The normalized spacial score (nSPS) is 18.8. The standard InChI is InChI=1S/C13H22O3S/c1-13(2,3)17(15,16)9-8-11-6-4-5-7-12(14)10-11/h10H,4-9H2,1-3H3. The molecule has 0 atom stereocenters. The van der Waals surface area contributed by atoms with E-state index in [-0.39, 0.29) is 11.5 Å². The van der Waals surface area contributed by atoms with Gasteiger partial charge in [0.1, 0.15) is 0 Å². The van der Waals surface area contributed by atoms with E-state index in [9.17, 15) is 13.2 Å². The van der Waals surface area contributed by atoms with Crippen LogP contribution in [0.2, 0.25) is 0 Å². The van der Waals surface area contributed by atoms with Crippen LogP contribution in [0.1, 0.15) is 52.9 Å². The number of carbonyl (C=O) groups excluding carboxylic acids is 1. The number of rotatable bonds is 3. The molecule has 0 amide bonds. The number of sulfone groups is 1. The molecule has 1 rings (SSSR count). The lowest BCUT2D eigenvalue weighted by Crippen LogP contribution is -2.30. The minimum absolute atomic E-state index is 0.144. The van der Waals surface area contributed by atoms with Gasteiger partial charge in [-0.3, -0.25) is 4.79 Å². The molecule has 0 saturated carbocycles. The topological polar surface area (TPSA) is 51.2 Å². The van der Waals surface area contributed by atoms with Crippen molar-refractivity contribution in [1.82, 2.24) is 0 Å². The summed E-state index contributed by atoms with van der Waals surface area (Å²) < 4.78 is 23.2. The molecule has 0 spiro atoms. The first-order valence-corrected chi connectivity index (χ1v) is 7.82. The Hall–Kier alpha value is -0.640. The molecule has 4 heteroatoms. The molecule has 0 radical (unpaired) electrons. The van der Waals surface area contributed by atoms with Crippen molar-refractivity contribution in [2.75, 3.05) is 5.75 Å². The molecule has 0 aromatic heterocycles. The van der Waals surface area contributed by atoms with Crippen LogP contribution in [0, 0.1) is 0 Å². The van der Waals surface area contributed by atoms with E-state index in [0.717, 1.165) is 24.8 Å². The maximum absolute atomic E-state index is 12.0. The van der Waals surface area contributed by atoms with Crippen molar-refractivity contribution >= 4 is 15.6 Å². The summed E-state index contributed by atoms with van der Waals surface area (Å²) in [5, 5.41) is 0. The summed E-state index contributed by atoms with van der Waals surface area (Å²) in [7, 11) is -3.08. The lowest BCUT2D eigenvalue weighted by molar-refractivity contribution is -0.114. The number of carbonyl (C=O) groups is 1. The Kier molecular flexibility index (Phi) is 4.53. The second-order valence-electron chi connectivity index (χ2n) is 5.66. The van der Waals surface area contributed by atoms with E-state index >= 15 is 0 Å². The lowest BCUT2D eigenvalue weighted by atomic mass is 10.1. The van der Waals surface area contributed by atoms with Gasteiger partial charge in [-0.25, -0.2) is 8.42 Å². The minimum atomic E-state index is -3.08. The fourth-order valence-electron chi connectivity index (χ4n) is 1.79. The predicted octanol–water partition coefficient (Wildman–Crippen LogP) is 2.66. The van der Waals surface area contributed by atoms with Gasteiger partial charge in [-0.1, -0.05) is 5.57 Å². The Morgan fingerprint density at radius 1 is 1.18 bits per heavy atom. The van der Waals surface area contributed by atoms with Gasteiger partial charge in [-0.15, -0.1) is 0 Å². The third-order valence-corrected chi connectivity index (χ3v) is 5.77. The lowest BCUT2D eigenvalue weighted by Gasteiger charge is -2.19. The summed E-state index contributed by atoms with van der Waals surface area (Å²) >= 11 is 0. The van der Waals surface area contributed by atoms with Gasteiger partial charge in [-0.2, -0.15) is 0 Å². The Morgan fingerprint density at radius 3 is 2.35 bits per heavy atom. The quantitative estimate of drug-likeness (QED) is 0.782. The Bertz CT molecular complexity index is 410. The largest absolute Gasteiger partial charge is 0.295 e. The highest BCUT2D eigenvalue weighted by atomic mass is 32.2. The highest BCUT2D eigenvalue weighted by Crippen LogP contribution is 2.22. The van der Waals surface area contributed by atoms with Crippen LogP contribution < -0.4 is 0 Å². The molecule has 0 saturated heterocycles. The first kappa shape index (κ1) is 14.4. The monoisotopic (exact) mass is 258 g/mol. The number of hydrogen-bond acceptors (Lipinski definition) is 3. The van der Waals surface area contributed by atoms with Gasteiger partial charge >= 0.3 is 0 Å². The van der Waals surface area contributed by atoms with Gasteiger partial charge in [-0.05, 0) is 52.5 Å². The van der Waals surface area contributed by atoms with Crippen LogP contribution in [0.5, 0.6) is 0 Å². The van der Waals surface area contributed by atoms with Crippen LogP contribution in [0.4, 0.5) is 0 Å². The average molecular weight is 258 g/mol. The van der Waals surface area contributed by atoms with Crippen molar-refractivity contribution in [1.29, 1.82) is 0 Å². The summed E-state index contributed by atoms with van der Waals surface area (Å²) in [6, 6.07) is 0. The second kappa shape index (κ2) is 5.34. The van der Waals surface area contributed by atoms with E-state index in [0.29, 0.717) is 12.8 Å². The summed E-state index contributed by atoms with van der Waals surface area (Å²) in [6.07, 6.45) is 5.55. The summed E-state index contributed by atoms with van der Waals surface area (Å²) in [5.41, 5.74) is 1.00. The van der Waals surface area contributed by atoms with Gasteiger partial charge < -0.3 is 0 Å². The molecular formula is C13H22O3S. The van der Waals surface area contributed by atoms with Crippen LogP contribution in [-0.2, 0) is 14.6 Å². The van der Waals surface area contributed by atoms with Crippen molar-refractivity contribution in [2.45, 2.75) is 57.6 Å². The Morgan fingerprint density at radius 2 is 1.76 bits per heavy atom. The predicted molar refractivity (Wildman–Crippen MR) is 69.7 cm³/mol. The van der Waals surface area contributed by atoms with E-state index in [2.05, 4.69) is 0 Å². The SMILES string of the molecule is CC(C)(C)S(=O)(=O)CCC1=CC(=O)CCCC1. The molecule has 0 heterocycles. The van der Waals surface area contributed by atoms with Crippen LogP contribution >= 0.6 is 0 Å². The first-order chi connectivity index (χ1) is 7.72. The van der Waals surface area contributed by atoms with Crippen molar-refractivity contribution < 1.29 is 13.2 Å². The molecule has 0 unspecified atom stereocenters. The number of allylic oxidation sites excluding steroid dienone is 2. The molecule has 0 N–H and O–H groups in total. The molecule has 0 bridgehead atoms.